The summed E-state index contributed by atoms with van der Waals surface area (Å²) in [6, 6.07) is 2.66. The second-order valence-electron chi connectivity index (χ2n) is 8.12. The summed E-state index contributed by atoms with van der Waals surface area (Å²) in [6.45, 7) is 7.07. The minimum Gasteiger partial charge on any atom is -0.463 e. The van der Waals surface area contributed by atoms with E-state index in [9.17, 15) is 19.2 Å². The Morgan fingerprint density at radius 2 is 1.65 bits per heavy atom. The number of amides is 1. The molecule has 0 radical (unpaired) electrons. The zero-order valence-corrected chi connectivity index (χ0v) is 21.9. The van der Waals surface area contributed by atoms with Crippen LogP contribution >= 0.6 is 11.8 Å². The van der Waals surface area contributed by atoms with Gasteiger partial charge in [-0.25, -0.2) is 0 Å². The number of ether oxygens (including phenoxy) is 4. The Labute approximate surface area is 217 Å². The third-order valence-electron chi connectivity index (χ3n) is 5.26. The highest BCUT2D eigenvalue weighted by molar-refractivity contribution is 7.99. The number of hydrogen-bond acceptors (Lipinski definition) is 12. The molecule has 1 fully saturated rings. The normalized spacial score (nSPS) is 23.1. The fourth-order valence-electron chi connectivity index (χ4n) is 3.87. The van der Waals surface area contributed by atoms with Gasteiger partial charge in [-0.2, -0.15) is 0 Å². The molecule has 200 valence electrons. The van der Waals surface area contributed by atoms with Crippen molar-refractivity contribution >= 4 is 35.6 Å². The lowest BCUT2D eigenvalue weighted by molar-refractivity contribution is -0.211. The van der Waals surface area contributed by atoms with Crippen molar-refractivity contribution in [1.82, 2.24) is 25.1 Å². The molecule has 1 aliphatic heterocycles. The Morgan fingerprint density at radius 3 is 2.22 bits per heavy atom. The number of rotatable bonds is 9. The maximum atomic E-state index is 12.1. The van der Waals surface area contributed by atoms with E-state index in [1.165, 1.54) is 27.7 Å². The number of thioether (sulfide) groups is 1. The van der Waals surface area contributed by atoms with Crippen LogP contribution in [-0.4, -0.2) is 80.0 Å². The smallest absolute Gasteiger partial charge is 0.303 e. The Balaban J connectivity index is 2.02. The highest BCUT2D eigenvalue weighted by atomic mass is 32.2. The number of carbonyl (C=O) groups is 4. The Hall–Kier alpha value is -3.52. The van der Waals surface area contributed by atoms with E-state index in [4.69, 9.17) is 18.9 Å². The Kier molecular flexibility index (Phi) is 9.58. The molecule has 14 heteroatoms. The molecule has 1 amide bonds. The lowest BCUT2D eigenvalue weighted by Crippen LogP contribution is -2.65. The van der Waals surface area contributed by atoms with E-state index in [0.29, 0.717) is 17.5 Å². The molecule has 5 atom stereocenters. The third kappa shape index (κ3) is 7.26. The van der Waals surface area contributed by atoms with E-state index in [2.05, 4.69) is 20.5 Å². The second kappa shape index (κ2) is 12.6. The number of esters is 3. The van der Waals surface area contributed by atoms with Gasteiger partial charge in [0, 0.05) is 52.2 Å². The molecule has 3 heterocycles. The summed E-state index contributed by atoms with van der Waals surface area (Å²) in [6.07, 6.45) is -0.0170. The molecule has 13 nitrogen and oxygen atoms in total. The number of aromatic nitrogens is 4. The molecular formula is C23H29N5O8S. The van der Waals surface area contributed by atoms with E-state index in [-0.39, 0.29) is 6.61 Å². The molecule has 0 aromatic carbocycles. The highest BCUT2D eigenvalue weighted by Gasteiger charge is 2.51. The molecule has 0 saturated carbocycles. The number of carbonyl (C=O) groups excluding carboxylic acids is 4. The zero-order chi connectivity index (χ0) is 27.1. The molecule has 1 saturated heterocycles. The largest absolute Gasteiger partial charge is 0.463 e. The highest BCUT2D eigenvalue weighted by Crippen LogP contribution is 2.36. The molecule has 5 unspecified atom stereocenters. The summed E-state index contributed by atoms with van der Waals surface area (Å²) < 4.78 is 24.2. The first-order valence-electron chi connectivity index (χ1n) is 11.5. The van der Waals surface area contributed by atoms with Crippen molar-refractivity contribution in [1.29, 1.82) is 0 Å². The van der Waals surface area contributed by atoms with Gasteiger partial charge in [-0.15, -0.1) is 10.2 Å². The molecule has 0 aliphatic carbocycles. The third-order valence-corrected chi connectivity index (χ3v) is 6.41. The predicted molar refractivity (Wildman–Crippen MR) is 129 cm³/mol. The summed E-state index contributed by atoms with van der Waals surface area (Å²) >= 11 is 1.14. The summed E-state index contributed by atoms with van der Waals surface area (Å²) in [5.41, 5.74) is -0.0833. The molecule has 37 heavy (non-hydrogen) atoms. The predicted octanol–water partition coefficient (Wildman–Crippen LogP) is 1.11. The number of pyridine rings is 1. The van der Waals surface area contributed by atoms with Crippen molar-refractivity contribution in [2.45, 2.75) is 76.1 Å². The molecule has 0 spiro atoms. The van der Waals surface area contributed by atoms with Crippen LogP contribution in [0.4, 0.5) is 0 Å². The van der Waals surface area contributed by atoms with Crippen molar-refractivity contribution in [3.63, 3.8) is 0 Å². The first-order chi connectivity index (χ1) is 17.6. The molecule has 1 N–H and O–H groups in total. The van der Waals surface area contributed by atoms with E-state index >= 15 is 0 Å². The van der Waals surface area contributed by atoms with Crippen LogP contribution in [0.15, 0.2) is 29.7 Å². The average molecular weight is 536 g/mol. The average Bonchev–Trinajstić information content (AvgIpc) is 3.23. The SMILES string of the molecule is CCn1c(SC2OC(COC(C)=O)C(OC(C)=O)C(OC(C)=O)C2NC(C)=O)nnc1-c1ccncc1. The molecule has 1 aliphatic rings. The van der Waals surface area contributed by atoms with Gasteiger partial charge in [0.2, 0.25) is 5.91 Å². The summed E-state index contributed by atoms with van der Waals surface area (Å²) in [5.74, 6) is -1.73. The number of hydrogen-bond donors (Lipinski definition) is 1. The van der Waals surface area contributed by atoms with Gasteiger partial charge in [-0.1, -0.05) is 11.8 Å². The van der Waals surface area contributed by atoms with Gasteiger partial charge in [0.25, 0.3) is 0 Å². The van der Waals surface area contributed by atoms with Gasteiger partial charge >= 0.3 is 17.9 Å². The van der Waals surface area contributed by atoms with Gasteiger partial charge in [0.05, 0.1) is 0 Å². The van der Waals surface area contributed by atoms with Crippen molar-refractivity contribution in [2.75, 3.05) is 6.61 Å². The monoisotopic (exact) mass is 535 g/mol. The van der Waals surface area contributed by atoms with Gasteiger partial charge in [-0.05, 0) is 19.1 Å². The van der Waals surface area contributed by atoms with E-state index in [1.54, 1.807) is 24.5 Å². The van der Waals surface area contributed by atoms with Crippen molar-refractivity contribution < 1.29 is 38.1 Å². The molecular weight excluding hydrogens is 506 g/mol. The van der Waals surface area contributed by atoms with Crippen LogP contribution in [-0.2, 0) is 44.7 Å². The van der Waals surface area contributed by atoms with Crippen LogP contribution in [0.3, 0.4) is 0 Å². The van der Waals surface area contributed by atoms with E-state index in [0.717, 1.165) is 17.3 Å². The number of nitrogens with zero attached hydrogens (tertiary/aromatic N) is 4. The topological polar surface area (TPSA) is 161 Å². The van der Waals surface area contributed by atoms with Gasteiger partial charge in [0.15, 0.2) is 23.2 Å². The number of nitrogens with one attached hydrogen (secondary N) is 1. The van der Waals surface area contributed by atoms with Crippen LogP contribution < -0.4 is 5.32 Å². The Morgan fingerprint density at radius 1 is 1.00 bits per heavy atom. The maximum absolute atomic E-state index is 12.1. The standard InChI is InChI=1S/C23H29N5O8S/c1-6-28-21(16-7-9-24-10-8-16)26-27-23(28)37-22-18(25-12(2)29)20(35-15(5)32)19(34-14(4)31)17(36-22)11-33-13(3)30/h7-10,17-20,22H,6,11H2,1-5H3,(H,25,29). The first kappa shape index (κ1) is 28.1. The van der Waals surface area contributed by atoms with Crippen LogP contribution in [0.1, 0.15) is 34.6 Å². The summed E-state index contributed by atoms with van der Waals surface area (Å²) in [7, 11) is 0. The lowest BCUT2D eigenvalue weighted by Gasteiger charge is -2.44. The van der Waals surface area contributed by atoms with Crippen molar-refractivity contribution in [2.24, 2.45) is 0 Å². The van der Waals surface area contributed by atoms with Crippen LogP contribution in [0.5, 0.6) is 0 Å². The Bertz CT molecular complexity index is 1130. The van der Waals surface area contributed by atoms with Gasteiger partial charge < -0.3 is 28.8 Å². The molecule has 2 aromatic heterocycles. The van der Waals surface area contributed by atoms with Gasteiger partial charge in [0.1, 0.15) is 24.2 Å². The lowest BCUT2D eigenvalue weighted by atomic mass is 9.97. The van der Waals surface area contributed by atoms with E-state index in [1.807, 2.05) is 11.5 Å². The van der Waals surface area contributed by atoms with Crippen molar-refractivity contribution in [3.8, 4) is 11.4 Å². The van der Waals surface area contributed by atoms with Crippen LogP contribution in [0.25, 0.3) is 11.4 Å². The van der Waals surface area contributed by atoms with Crippen molar-refractivity contribution in [3.05, 3.63) is 24.5 Å². The fraction of sp³-hybridized carbons (Fsp3) is 0.522. The molecule has 3 rings (SSSR count). The fourth-order valence-corrected chi connectivity index (χ4v) is 5.08. The minimum absolute atomic E-state index is 0.280. The summed E-state index contributed by atoms with van der Waals surface area (Å²) in [5, 5.41) is 11.8. The van der Waals surface area contributed by atoms with Gasteiger partial charge in [-0.3, -0.25) is 24.2 Å². The van der Waals surface area contributed by atoms with Crippen LogP contribution in [0, 0.1) is 0 Å². The quantitative estimate of drug-likeness (QED) is 0.360. The first-order valence-corrected chi connectivity index (χ1v) is 12.4. The molecule has 0 bridgehead atoms. The summed E-state index contributed by atoms with van der Waals surface area (Å²) in [4.78, 5) is 51.6. The maximum Gasteiger partial charge on any atom is 0.303 e. The van der Waals surface area contributed by atoms with Crippen LogP contribution in [0.2, 0.25) is 0 Å². The molecule has 2 aromatic rings. The minimum atomic E-state index is -1.16. The zero-order valence-electron chi connectivity index (χ0n) is 21.1. The second-order valence-corrected chi connectivity index (χ2v) is 9.19. The van der Waals surface area contributed by atoms with E-state index < -0.39 is 53.6 Å².